The van der Waals surface area contributed by atoms with E-state index in [9.17, 15) is 4.79 Å². The number of urea groups is 1. The molecule has 1 N–H and O–H groups in total. The van der Waals surface area contributed by atoms with Crippen molar-refractivity contribution in [2.75, 3.05) is 19.0 Å². The van der Waals surface area contributed by atoms with Crippen molar-refractivity contribution >= 4 is 11.7 Å². The highest BCUT2D eigenvalue weighted by atomic mass is 16.5. The lowest BCUT2D eigenvalue weighted by Crippen LogP contribution is -2.34. The first-order valence-corrected chi connectivity index (χ1v) is 8.51. The van der Waals surface area contributed by atoms with Gasteiger partial charge in [-0.2, -0.15) is 0 Å². The molecule has 1 saturated heterocycles. The fraction of sp³-hybridized carbons (Fsp3) is 0.350. The maximum atomic E-state index is 12.7. The van der Waals surface area contributed by atoms with Crippen LogP contribution >= 0.6 is 0 Å². The Bertz CT molecular complexity index is 680. The number of benzene rings is 2. The molecule has 0 saturated carbocycles. The van der Waals surface area contributed by atoms with E-state index in [2.05, 4.69) is 24.4 Å². The summed E-state index contributed by atoms with van der Waals surface area (Å²) < 4.78 is 5.21. The van der Waals surface area contributed by atoms with Crippen LogP contribution in [0.15, 0.2) is 48.5 Å². The SMILES string of the molecule is CCc1ccc(NC(=O)N2CCC[C@@H]2c2ccc(OC)cc2)cc1. The molecule has 0 spiro atoms. The molecule has 4 heteroatoms. The van der Waals surface area contributed by atoms with E-state index in [0.717, 1.165) is 42.8 Å². The zero-order valence-corrected chi connectivity index (χ0v) is 14.3. The van der Waals surface area contributed by atoms with Crippen LogP contribution in [0.25, 0.3) is 0 Å². The largest absolute Gasteiger partial charge is 0.497 e. The summed E-state index contributed by atoms with van der Waals surface area (Å²) in [4.78, 5) is 14.6. The number of likely N-dealkylation sites (tertiary alicyclic amines) is 1. The van der Waals surface area contributed by atoms with Gasteiger partial charge in [0.25, 0.3) is 0 Å². The number of aryl methyl sites for hydroxylation is 1. The molecule has 0 unspecified atom stereocenters. The van der Waals surface area contributed by atoms with Crippen LogP contribution in [0.3, 0.4) is 0 Å². The molecule has 24 heavy (non-hydrogen) atoms. The van der Waals surface area contributed by atoms with Crippen molar-refractivity contribution < 1.29 is 9.53 Å². The maximum absolute atomic E-state index is 12.7. The minimum Gasteiger partial charge on any atom is -0.497 e. The average molecular weight is 324 g/mol. The predicted octanol–water partition coefficient (Wildman–Crippen LogP) is 4.63. The minimum atomic E-state index is -0.0300. The molecule has 0 aliphatic carbocycles. The first kappa shape index (κ1) is 16.4. The fourth-order valence-electron chi connectivity index (χ4n) is 3.20. The number of anilines is 1. The van der Waals surface area contributed by atoms with Crippen LogP contribution in [0.4, 0.5) is 10.5 Å². The standard InChI is InChI=1S/C20H24N2O2/c1-3-15-6-10-17(11-7-15)21-20(23)22-14-4-5-19(22)16-8-12-18(24-2)13-9-16/h6-13,19H,3-5,14H2,1-2H3,(H,21,23)/t19-/m1/s1. The van der Waals surface area contributed by atoms with Crippen LogP contribution in [0.5, 0.6) is 5.75 Å². The summed E-state index contributed by atoms with van der Waals surface area (Å²) in [5.41, 5.74) is 3.27. The quantitative estimate of drug-likeness (QED) is 0.891. The van der Waals surface area contributed by atoms with Crippen molar-refractivity contribution in [1.29, 1.82) is 0 Å². The minimum absolute atomic E-state index is 0.0300. The molecule has 0 aromatic heterocycles. The Hall–Kier alpha value is -2.49. The summed E-state index contributed by atoms with van der Waals surface area (Å²) in [6.45, 7) is 2.91. The Balaban J connectivity index is 1.70. The second-order valence-electron chi connectivity index (χ2n) is 6.11. The van der Waals surface area contributed by atoms with E-state index in [1.54, 1.807) is 7.11 Å². The molecule has 0 radical (unpaired) electrons. The summed E-state index contributed by atoms with van der Waals surface area (Å²) >= 11 is 0. The van der Waals surface area contributed by atoms with Crippen molar-refractivity contribution in [3.8, 4) is 5.75 Å². The van der Waals surface area contributed by atoms with Crippen molar-refractivity contribution in [1.82, 2.24) is 4.90 Å². The zero-order valence-electron chi connectivity index (χ0n) is 14.3. The molecular weight excluding hydrogens is 300 g/mol. The Morgan fingerprint density at radius 3 is 2.50 bits per heavy atom. The van der Waals surface area contributed by atoms with Crippen LogP contribution in [0.1, 0.15) is 36.9 Å². The van der Waals surface area contributed by atoms with E-state index in [-0.39, 0.29) is 12.1 Å². The predicted molar refractivity (Wildman–Crippen MR) is 96.5 cm³/mol. The summed E-state index contributed by atoms with van der Waals surface area (Å²) in [7, 11) is 1.66. The van der Waals surface area contributed by atoms with Crippen LogP contribution in [-0.4, -0.2) is 24.6 Å². The lowest BCUT2D eigenvalue weighted by molar-refractivity contribution is 0.207. The third kappa shape index (κ3) is 3.53. The number of nitrogens with zero attached hydrogens (tertiary/aromatic N) is 1. The number of methoxy groups -OCH3 is 1. The number of hydrogen-bond donors (Lipinski definition) is 1. The smallest absolute Gasteiger partial charge is 0.322 e. The Morgan fingerprint density at radius 2 is 1.88 bits per heavy atom. The third-order valence-electron chi connectivity index (χ3n) is 4.63. The lowest BCUT2D eigenvalue weighted by atomic mass is 10.0. The van der Waals surface area contributed by atoms with Gasteiger partial charge in [0.1, 0.15) is 5.75 Å². The second-order valence-corrected chi connectivity index (χ2v) is 6.11. The second kappa shape index (κ2) is 7.39. The molecule has 2 amide bonds. The number of carbonyl (C=O) groups is 1. The molecule has 3 rings (SSSR count). The molecular formula is C20H24N2O2. The molecule has 0 bridgehead atoms. The number of rotatable bonds is 4. The monoisotopic (exact) mass is 324 g/mol. The van der Waals surface area contributed by atoms with Gasteiger partial charge in [0.05, 0.1) is 13.2 Å². The van der Waals surface area contributed by atoms with Gasteiger partial charge in [0.2, 0.25) is 0 Å². The van der Waals surface area contributed by atoms with Gasteiger partial charge in [-0.05, 0) is 54.7 Å². The van der Waals surface area contributed by atoms with Crippen molar-refractivity contribution in [2.24, 2.45) is 0 Å². The molecule has 1 fully saturated rings. The summed E-state index contributed by atoms with van der Waals surface area (Å²) in [5, 5.41) is 3.02. The van der Waals surface area contributed by atoms with E-state index >= 15 is 0 Å². The highest BCUT2D eigenvalue weighted by molar-refractivity contribution is 5.89. The summed E-state index contributed by atoms with van der Waals surface area (Å²) in [5.74, 6) is 0.837. The number of amides is 2. The molecule has 1 aliphatic rings. The molecule has 4 nitrogen and oxygen atoms in total. The first-order chi connectivity index (χ1) is 11.7. The van der Waals surface area contributed by atoms with E-state index in [1.807, 2.05) is 41.3 Å². The lowest BCUT2D eigenvalue weighted by Gasteiger charge is -2.25. The van der Waals surface area contributed by atoms with E-state index < -0.39 is 0 Å². The number of carbonyl (C=O) groups excluding carboxylic acids is 1. The molecule has 2 aromatic carbocycles. The van der Waals surface area contributed by atoms with Gasteiger partial charge >= 0.3 is 6.03 Å². The van der Waals surface area contributed by atoms with Gasteiger partial charge in [-0.3, -0.25) is 0 Å². The summed E-state index contributed by atoms with van der Waals surface area (Å²) in [6.07, 6.45) is 3.02. The van der Waals surface area contributed by atoms with Gasteiger partial charge in [-0.15, -0.1) is 0 Å². The Kier molecular flexibility index (Phi) is 5.04. The zero-order chi connectivity index (χ0) is 16.9. The number of ether oxygens (including phenoxy) is 1. The number of hydrogen-bond acceptors (Lipinski definition) is 2. The maximum Gasteiger partial charge on any atom is 0.322 e. The van der Waals surface area contributed by atoms with Gasteiger partial charge in [-0.25, -0.2) is 4.79 Å². The van der Waals surface area contributed by atoms with E-state index in [1.165, 1.54) is 5.56 Å². The normalized spacial score (nSPS) is 16.9. The molecule has 1 aliphatic heterocycles. The molecule has 2 aromatic rings. The van der Waals surface area contributed by atoms with Gasteiger partial charge in [0, 0.05) is 12.2 Å². The highest BCUT2D eigenvalue weighted by Crippen LogP contribution is 2.33. The van der Waals surface area contributed by atoms with Crippen LogP contribution in [-0.2, 0) is 6.42 Å². The van der Waals surface area contributed by atoms with Crippen molar-refractivity contribution in [3.63, 3.8) is 0 Å². The molecule has 126 valence electrons. The molecule has 1 atom stereocenters. The van der Waals surface area contributed by atoms with E-state index in [0.29, 0.717) is 0 Å². The average Bonchev–Trinajstić information content (AvgIpc) is 3.12. The van der Waals surface area contributed by atoms with Crippen LogP contribution in [0.2, 0.25) is 0 Å². The van der Waals surface area contributed by atoms with Gasteiger partial charge in [-0.1, -0.05) is 31.2 Å². The van der Waals surface area contributed by atoms with Crippen molar-refractivity contribution in [2.45, 2.75) is 32.2 Å². The summed E-state index contributed by atoms with van der Waals surface area (Å²) in [6, 6.07) is 16.1. The van der Waals surface area contributed by atoms with Crippen LogP contribution < -0.4 is 10.1 Å². The van der Waals surface area contributed by atoms with Gasteiger partial charge in [0.15, 0.2) is 0 Å². The third-order valence-corrected chi connectivity index (χ3v) is 4.63. The highest BCUT2D eigenvalue weighted by Gasteiger charge is 2.29. The Morgan fingerprint density at radius 1 is 1.17 bits per heavy atom. The topological polar surface area (TPSA) is 41.6 Å². The Labute approximate surface area is 143 Å². The first-order valence-electron chi connectivity index (χ1n) is 8.51. The van der Waals surface area contributed by atoms with Gasteiger partial charge < -0.3 is 15.0 Å². The van der Waals surface area contributed by atoms with Crippen LogP contribution in [0, 0.1) is 0 Å². The number of nitrogens with one attached hydrogen (secondary N) is 1. The molecule has 1 heterocycles. The van der Waals surface area contributed by atoms with E-state index in [4.69, 9.17) is 4.74 Å². The fourth-order valence-corrected chi connectivity index (χ4v) is 3.20. The van der Waals surface area contributed by atoms with Crippen molar-refractivity contribution in [3.05, 3.63) is 59.7 Å².